The van der Waals surface area contributed by atoms with E-state index in [1.165, 1.54) is 4.68 Å². The third-order valence-corrected chi connectivity index (χ3v) is 5.05. The number of fused-ring (bicyclic) bond motifs is 1. The highest BCUT2D eigenvalue weighted by Crippen LogP contribution is 2.38. The van der Waals surface area contributed by atoms with Gasteiger partial charge in [0.25, 0.3) is 5.91 Å². The quantitative estimate of drug-likeness (QED) is 0.725. The summed E-state index contributed by atoms with van der Waals surface area (Å²) in [4.78, 5) is 17.7. The highest BCUT2D eigenvalue weighted by Gasteiger charge is 2.58. The first-order chi connectivity index (χ1) is 13.2. The highest BCUT2D eigenvalue weighted by molar-refractivity contribution is 5.94. The maximum Gasteiger partial charge on any atom is 0.419 e. The molecule has 1 unspecified atom stereocenters. The van der Waals surface area contributed by atoms with Gasteiger partial charge in [0.05, 0.1) is 17.9 Å². The summed E-state index contributed by atoms with van der Waals surface area (Å²) in [6.07, 6.45) is -2.04. The number of likely N-dealkylation sites (tertiary alicyclic amines) is 1. The highest BCUT2D eigenvalue weighted by atomic mass is 19.4. The van der Waals surface area contributed by atoms with Crippen LogP contribution in [0.25, 0.3) is 16.5 Å². The first-order valence-corrected chi connectivity index (χ1v) is 8.55. The van der Waals surface area contributed by atoms with Crippen LogP contribution in [0.5, 0.6) is 0 Å². The van der Waals surface area contributed by atoms with Crippen LogP contribution in [-0.4, -0.2) is 60.8 Å². The van der Waals surface area contributed by atoms with E-state index in [2.05, 4.69) is 15.3 Å². The smallest absolute Gasteiger partial charge is 0.379 e. The minimum absolute atomic E-state index is 0.0440. The third-order valence-electron chi connectivity index (χ3n) is 5.05. The van der Waals surface area contributed by atoms with Crippen LogP contribution < -0.4 is 0 Å². The van der Waals surface area contributed by atoms with Gasteiger partial charge in [0.15, 0.2) is 11.3 Å². The molecule has 0 bridgehead atoms. The Bertz CT molecular complexity index is 1060. The first-order valence-electron chi connectivity index (χ1n) is 8.55. The van der Waals surface area contributed by atoms with E-state index in [0.717, 1.165) is 15.7 Å². The van der Waals surface area contributed by atoms with Crippen molar-refractivity contribution < 1.29 is 23.1 Å². The zero-order chi connectivity index (χ0) is 20.1. The number of aliphatic hydroxyl groups is 1. The lowest BCUT2D eigenvalue weighted by atomic mass is 10.0. The molecule has 1 aliphatic heterocycles. The normalized spacial score (nSPS) is 20.1. The summed E-state index contributed by atoms with van der Waals surface area (Å²) in [5.74, 6) is -0.689. The SMILES string of the molecule is Cc1c(C(=O)N2CCC(O)(C(F)(F)F)C2)nnn1-c1cccc2cnccc12. The summed E-state index contributed by atoms with van der Waals surface area (Å²) in [6, 6.07) is 7.30. The lowest BCUT2D eigenvalue weighted by molar-refractivity contribution is -0.253. The molecular weight excluding hydrogens is 375 g/mol. The van der Waals surface area contributed by atoms with E-state index < -0.39 is 30.7 Å². The van der Waals surface area contributed by atoms with Crippen LogP contribution in [0, 0.1) is 6.92 Å². The monoisotopic (exact) mass is 391 g/mol. The van der Waals surface area contributed by atoms with Gasteiger partial charge in [-0.25, -0.2) is 4.68 Å². The molecule has 1 aliphatic rings. The predicted octanol–water partition coefficient (Wildman–Crippen LogP) is 2.26. The van der Waals surface area contributed by atoms with Crippen LogP contribution in [0.2, 0.25) is 0 Å². The van der Waals surface area contributed by atoms with E-state index in [1.54, 1.807) is 31.5 Å². The zero-order valence-electron chi connectivity index (χ0n) is 14.8. The van der Waals surface area contributed by atoms with Gasteiger partial charge in [0.1, 0.15) is 0 Å². The van der Waals surface area contributed by atoms with Gasteiger partial charge in [-0.15, -0.1) is 5.10 Å². The van der Waals surface area contributed by atoms with Crippen molar-refractivity contribution in [2.24, 2.45) is 0 Å². The molecule has 146 valence electrons. The molecule has 0 saturated carbocycles. The number of benzene rings is 1. The molecule has 4 rings (SSSR count). The number of carbonyl (C=O) groups excluding carboxylic acids is 1. The summed E-state index contributed by atoms with van der Waals surface area (Å²) in [6.45, 7) is 0.599. The number of aromatic nitrogens is 4. The number of rotatable bonds is 2. The van der Waals surface area contributed by atoms with E-state index >= 15 is 0 Å². The number of hydrogen-bond acceptors (Lipinski definition) is 5. The van der Waals surface area contributed by atoms with E-state index in [-0.39, 0.29) is 12.2 Å². The van der Waals surface area contributed by atoms with Crippen molar-refractivity contribution in [1.29, 1.82) is 0 Å². The summed E-state index contributed by atoms with van der Waals surface area (Å²) in [5.41, 5.74) is -1.86. The van der Waals surface area contributed by atoms with Crippen molar-refractivity contribution in [3.8, 4) is 5.69 Å². The fourth-order valence-electron chi connectivity index (χ4n) is 3.39. The van der Waals surface area contributed by atoms with Crippen molar-refractivity contribution in [2.45, 2.75) is 25.1 Å². The number of pyridine rings is 1. The molecule has 1 aromatic carbocycles. The second-order valence-electron chi connectivity index (χ2n) is 6.82. The molecule has 10 heteroatoms. The van der Waals surface area contributed by atoms with Crippen molar-refractivity contribution in [1.82, 2.24) is 24.9 Å². The molecule has 3 heterocycles. The van der Waals surface area contributed by atoms with Crippen LogP contribution in [0.3, 0.4) is 0 Å². The molecule has 2 aromatic heterocycles. The molecule has 3 aromatic rings. The summed E-state index contributed by atoms with van der Waals surface area (Å²) in [5, 5.41) is 19.4. The van der Waals surface area contributed by atoms with E-state index in [0.29, 0.717) is 11.4 Å². The van der Waals surface area contributed by atoms with Gasteiger partial charge in [-0.3, -0.25) is 9.78 Å². The Morgan fingerprint density at radius 2 is 2.07 bits per heavy atom. The van der Waals surface area contributed by atoms with Gasteiger partial charge >= 0.3 is 6.18 Å². The number of β-amino-alcohol motifs (C(OH)–C–C–N with tert-alkyl or cyclic N) is 1. The van der Waals surface area contributed by atoms with Crippen LogP contribution in [0.4, 0.5) is 13.2 Å². The number of carbonyl (C=O) groups is 1. The molecule has 1 fully saturated rings. The molecule has 28 heavy (non-hydrogen) atoms. The predicted molar refractivity (Wildman–Crippen MR) is 92.9 cm³/mol. The van der Waals surface area contributed by atoms with Gasteiger partial charge in [-0.2, -0.15) is 13.2 Å². The Balaban J connectivity index is 1.67. The average Bonchev–Trinajstić information content (AvgIpc) is 3.24. The number of halogens is 3. The standard InChI is InChI=1S/C18H16F3N5O2/c1-11-15(16(27)25-8-6-17(28,10-25)18(19,20)21)23-24-26(11)14-4-2-3-12-9-22-7-5-13(12)14/h2-5,7,9,28H,6,8,10H2,1H3. The molecule has 7 nitrogen and oxygen atoms in total. The van der Waals surface area contributed by atoms with Crippen molar-refractivity contribution in [3.63, 3.8) is 0 Å². The Morgan fingerprint density at radius 1 is 1.29 bits per heavy atom. The average molecular weight is 391 g/mol. The van der Waals surface area contributed by atoms with Crippen LogP contribution in [-0.2, 0) is 0 Å². The number of amides is 1. The first kappa shape index (κ1) is 18.4. The van der Waals surface area contributed by atoms with Gasteiger partial charge in [-0.1, -0.05) is 17.3 Å². The Hall–Kier alpha value is -3.01. The Morgan fingerprint density at radius 3 is 2.79 bits per heavy atom. The van der Waals surface area contributed by atoms with Gasteiger partial charge in [-0.05, 0) is 19.1 Å². The lowest BCUT2D eigenvalue weighted by Gasteiger charge is -2.25. The molecule has 1 N–H and O–H groups in total. The van der Waals surface area contributed by atoms with E-state index in [9.17, 15) is 23.1 Å². The van der Waals surface area contributed by atoms with Crippen molar-refractivity contribution in [3.05, 3.63) is 48.0 Å². The molecule has 0 aliphatic carbocycles. The second kappa shape index (κ2) is 6.26. The fraction of sp³-hybridized carbons (Fsp3) is 0.333. The molecule has 0 radical (unpaired) electrons. The van der Waals surface area contributed by atoms with E-state index in [1.807, 2.05) is 12.1 Å². The number of nitrogens with zero attached hydrogens (tertiary/aromatic N) is 5. The van der Waals surface area contributed by atoms with Crippen LogP contribution in [0.15, 0.2) is 36.7 Å². The number of hydrogen-bond donors (Lipinski definition) is 1. The molecule has 0 spiro atoms. The number of alkyl halides is 3. The maximum atomic E-state index is 13.0. The topological polar surface area (TPSA) is 84.1 Å². The second-order valence-corrected chi connectivity index (χ2v) is 6.82. The van der Waals surface area contributed by atoms with Crippen molar-refractivity contribution in [2.75, 3.05) is 13.1 Å². The van der Waals surface area contributed by atoms with Crippen molar-refractivity contribution >= 4 is 16.7 Å². The summed E-state index contributed by atoms with van der Waals surface area (Å²) >= 11 is 0. The Kier molecular flexibility index (Phi) is 4.11. The lowest BCUT2D eigenvalue weighted by Crippen LogP contribution is -2.48. The summed E-state index contributed by atoms with van der Waals surface area (Å²) < 4.78 is 40.5. The van der Waals surface area contributed by atoms with Gasteiger partial charge in [0, 0.05) is 36.1 Å². The summed E-state index contributed by atoms with van der Waals surface area (Å²) in [7, 11) is 0. The van der Waals surface area contributed by atoms with Gasteiger partial charge < -0.3 is 10.0 Å². The minimum Gasteiger partial charge on any atom is -0.379 e. The molecule has 1 amide bonds. The zero-order valence-corrected chi connectivity index (χ0v) is 14.8. The van der Waals surface area contributed by atoms with Gasteiger partial charge in [0.2, 0.25) is 0 Å². The third kappa shape index (κ3) is 2.80. The molecular formula is C18H16F3N5O2. The Labute approximate surface area is 157 Å². The van der Waals surface area contributed by atoms with Crippen LogP contribution >= 0.6 is 0 Å². The van der Waals surface area contributed by atoms with Crippen LogP contribution in [0.1, 0.15) is 22.6 Å². The molecule has 1 atom stereocenters. The molecule has 1 saturated heterocycles. The maximum absolute atomic E-state index is 13.0. The largest absolute Gasteiger partial charge is 0.419 e. The minimum atomic E-state index is -4.80. The van der Waals surface area contributed by atoms with E-state index in [4.69, 9.17) is 0 Å². The fourth-order valence-corrected chi connectivity index (χ4v) is 3.39.